The average Bonchev–Trinajstić information content (AvgIpc) is 2.89. The van der Waals surface area contributed by atoms with Crippen LogP contribution in [0.15, 0.2) is 0 Å². The molecule has 0 radical (unpaired) electrons. The van der Waals surface area contributed by atoms with Crippen LogP contribution in [0.2, 0.25) is 0 Å². The molecule has 4 aliphatic carbocycles. The molecule has 8 atom stereocenters. The number of fused-ring (bicyclic) bond motifs is 5. The first-order valence-electron chi connectivity index (χ1n) is 10.6. The Kier molecular flexibility index (Phi) is 5.40. The van der Waals surface area contributed by atoms with E-state index in [-0.39, 0.29) is 10.8 Å². The van der Waals surface area contributed by atoms with E-state index in [1.165, 1.54) is 0 Å². The lowest BCUT2D eigenvalue weighted by molar-refractivity contribution is -0.129. The summed E-state index contributed by atoms with van der Waals surface area (Å²) in [6, 6.07) is 0. The standard InChI is InChI=1S/C19H32O8S2/c1-18-9-7-13(26-28(20,21)22)11-12(18)3-4-14-15-5-6-17(27-29(23,24)25)19(15,2)10-8-16(14)18/h12-17H,3-11H2,1-2H3,(H,20,21,22)(H,23,24,25)/t12-,13-,14+,15+,16+,17+,18+,19+/m1/s1. The minimum atomic E-state index is -4.46. The number of rotatable bonds is 4. The lowest BCUT2D eigenvalue weighted by Crippen LogP contribution is -2.54. The van der Waals surface area contributed by atoms with E-state index in [0.29, 0.717) is 42.9 Å². The zero-order chi connectivity index (χ0) is 21.2. The van der Waals surface area contributed by atoms with Crippen LogP contribution in [-0.2, 0) is 29.2 Å². The molecule has 168 valence electrons. The quantitative estimate of drug-likeness (QED) is 0.621. The fraction of sp³-hybridized carbons (Fsp3) is 1.00. The van der Waals surface area contributed by atoms with Gasteiger partial charge in [-0.15, -0.1) is 0 Å². The van der Waals surface area contributed by atoms with E-state index in [2.05, 4.69) is 13.8 Å². The monoisotopic (exact) mass is 452 g/mol. The van der Waals surface area contributed by atoms with E-state index >= 15 is 0 Å². The smallest absolute Gasteiger partial charge is 0.264 e. The molecule has 4 rings (SSSR count). The molecule has 4 saturated carbocycles. The predicted octanol–water partition coefficient (Wildman–Crippen LogP) is 3.41. The van der Waals surface area contributed by atoms with Crippen molar-refractivity contribution in [3.63, 3.8) is 0 Å². The Hall–Kier alpha value is -0.260. The van der Waals surface area contributed by atoms with Gasteiger partial charge in [-0.25, -0.2) is 8.37 Å². The molecular weight excluding hydrogens is 420 g/mol. The van der Waals surface area contributed by atoms with Crippen molar-refractivity contribution < 1.29 is 34.3 Å². The second kappa shape index (κ2) is 7.13. The molecule has 0 spiro atoms. The van der Waals surface area contributed by atoms with Crippen molar-refractivity contribution in [2.75, 3.05) is 0 Å². The summed E-state index contributed by atoms with van der Waals surface area (Å²) >= 11 is 0. The first-order chi connectivity index (χ1) is 13.3. The zero-order valence-corrected chi connectivity index (χ0v) is 18.6. The molecule has 10 heteroatoms. The van der Waals surface area contributed by atoms with Gasteiger partial charge in [-0.05, 0) is 92.3 Å². The minimum absolute atomic E-state index is 0.103. The van der Waals surface area contributed by atoms with Crippen molar-refractivity contribution in [3.05, 3.63) is 0 Å². The summed E-state index contributed by atoms with van der Waals surface area (Å²) in [5, 5.41) is 0. The van der Waals surface area contributed by atoms with Gasteiger partial charge in [0.1, 0.15) is 0 Å². The molecule has 29 heavy (non-hydrogen) atoms. The molecular formula is C19H32O8S2. The highest BCUT2D eigenvalue weighted by Crippen LogP contribution is 2.66. The molecule has 2 N–H and O–H groups in total. The van der Waals surface area contributed by atoms with E-state index in [1.54, 1.807) is 0 Å². The summed E-state index contributed by atoms with van der Waals surface area (Å²) in [7, 11) is -8.89. The molecule has 0 saturated heterocycles. The Bertz CT molecular complexity index is 855. The maximum absolute atomic E-state index is 11.3. The van der Waals surface area contributed by atoms with Crippen LogP contribution in [-0.4, -0.2) is 38.1 Å². The van der Waals surface area contributed by atoms with Crippen LogP contribution in [0.25, 0.3) is 0 Å². The van der Waals surface area contributed by atoms with Crippen molar-refractivity contribution in [1.82, 2.24) is 0 Å². The van der Waals surface area contributed by atoms with Gasteiger partial charge in [0.15, 0.2) is 0 Å². The predicted molar refractivity (Wildman–Crippen MR) is 105 cm³/mol. The van der Waals surface area contributed by atoms with Crippen LogP contribution < -0.4 is 0 Å². The molecule has 0 aromatic rings. The molecule has 0 heterocycles. The molecule has 0 amide bonds. The Morgan fingerprint density at radius 3 is 2.03 bits per heavy atom. The lowest BCUT2D eigenvalue weighted by atomic mass is 9.45. The Labute approximate surface area is 173 Å². The van der Waals surface area contributed by atoms with Gasteiger partial charge in [0.05, 0.1) is 12.2 Å². The van der Waals surface area contributed by atoms with Crippen LogP contribution in [0.4, 0.5) is 0 Å². The topological polar surface area (TPSA) is 127 Å². The van der Waals surface area contributed by atoms with Crippen molar-refractivity contribution in [1.29, 1.82) is 0 Å². The van der Waals surface area contributed by atoms with Gasteiger partial charge in [-0.2, -0.15) is 16.8 Å². The van der Waals surface area contributed by atoms with E-state index in [1.807, 2.05) is 0 Å². The second-order valence-electron chi connectivity index (χ2n) is 10.2. The molecule has 0 aromatic heterocycles. The Morgan fingerprint density at radius 1 is 0.759 bits per heavy atom. The highest BCUT2D eigenvalue weighted by Gasteiger charge is 2.61. The van der Waals surface area contributed by atoms with Crippen LogP contribution in [0.1, 0.15) is 71.6 Å². The highest BCUT2D eigenvalue weighted by atomic mass is 32.3. The van der Waals surface area contributed by atoms with Crippen LogP contribution >= 0.6 is 0 Å². The molecule has 8 nitrogen and oxygen atoms in total. The Morgan fingerprint density at radius 2 is 1.38 bits per heavy atom. The minimum Gasteiger partial charge on any atom is -0.264 e. The van der Waals surface area contributed by atoms with Crippen LogP contribution in [0.5, 0.6) is 0 Å². The summed E-state index contributed by atoms with van der Waals surface area (Å²) in [6.07, 6.45) is 6.64. The molecule has 0 unspecified atom stereocenters. The Balaban J connectivity index is 1.51. The average molecular weight is 453 g/mol. The van der Waals surface area contributed by atoms with Gasteiger partial charge in [0, 0.05) is 0 Å². The summed E-state index contributed by atoms with van der Waals surface area (Å²) in [4.78, 5) is 0. The maximum atomic E-state index is 11.3. The largest absolute Gasteiger partial charge is 0.397 e. The lowest BCUT2D eigenvalue weighted by Gasteiger charge is -2.60. The van der Waals surface area contributed by atoms with Crippen molar-refractivity contribution in [3.8, 4) is 0 Å². The molecule has 4 fully saturated rings. The third-order valence-corrected chi connectivity index (χ3v) is 10.0. The first kappa shape index (κ1) is 22.0. The van der Waals surface area contributed by atoms with Gasteiger partial charge >= 0.3 is 20.8 Å². The normalized spacial score (nSPS) is 47.9. The second-order valence-corrected chi connectivity index (χ2v) is 12.3. The molecule has 4 aliphatic rings. The van der Waals surface area contributed by atoms with Gasteiger partial charge < -0.3 is 0 Å². The van der Waals surface area contributed by atoms with Gasteiger partial charge in [-0.1, -0.05) is 13.8 Å². The van der Waals surface area contributed by atoms with Crippen molar-refractivity contribution >= 4 is 20.8 Å². The maximum Gasteiger partial charge on any atom is 0.397 e. The van der Waals surface area contributed by atoms with E-state index in [4.69, 9.17) is 12.9 Å². The SMILES string of the molecule is C[C@]12CC[C@@H](OS(=O)(=O)O)C[C@H]1CC[C@@H]1[C@@H]2CC[C@]2(C)[C@@H](OS(=O)(=O)O)CC[C@@H]12. The van der Waals surface area contributed by atoms with Crippen LogP contribution in [0.3, 0.4) is 0 Å². The zero-order valence-electron chi connectivity index (χ0n) is 17.0. The highest BCUT2D eigenvalue weighted by molar-refractivity contribution is 7.81. The summed E-state index contributed by atoms with van der Waals surface area (Å²) in [5.41, 5.74) is -0.142. The fourth-order valence-electron chi connectivity index (χ4n) is 7.73. The van der Waals surface area contributed by atoms with Gasteiger partial charge in [0.25, 0.3) is 0 Å². The van der Waals surface area contributed by atoms with E-state index in [0.717, 1.165) is 38.5 Å². The van der Waals surface area contributed by atoms with E-state index in [9.17, 15) is 21.4 Å². The summed E-state index contributed by atoms with van der Waals surface area (Å²) in [5.74, 6) is 1.73. The van der Waals surface area contributed by atoms with Gasteiger partial charge in [0.2, 0.25) is 0 Å². The summed E-state index contributed by atoms with van der Waals surface area (Å²) in [6.45, 7) is 4.43. The van der Waals surface area contributed by atoms with Crippen LogP contribution in [0, 0.1) is 34.5 Å². The van der Waals surface area contributed by atoms with E-state index < -0.39 is 33.0 Å². The summed E-state index contributed by atoms with van der Waals surface area (Å²) < 4.78 is 73.1. The third kappa shape index (κ3) is 4.01. The molecule has 0 aromatic carbocycles. The van der Waals surface area contributed by atoms with Crippen molar-refractivity contribution in [2.24, 2.45) is 34.5 Å². The first-order valence-corrected chi connectivity index (χ1v) is 13.4. The molecule has 0 bridgehead atoms. The number of hydrogen-bond acceptors (Lipinski definition) is 6. The fourth-order valence-corrected chi connectivity index (χ4v) is 8.86. The molecule has 0 aliphatic heterocycles. The number of hydrogen-bond donors (Lipinski definition) is 2. The van der Waals surface area contributed by atoms with Gasteiger partial charge in [-0.3, -0.25) is 9.11 Å². The van der Waals surface area contributed by atoms with Crippen molar-refractivity contribution in [2.45, 2.75) is 83.8 Å². The third-order valence-electron chi connectivity index (χ3n) is 9.03.